The molecule has 1 aromatic heterocycles. The van der Waals surface area contributed by atoms with Crippen molar-refractivity contribution in [3.63, 3.8) is 0 Å². The third-order valence-electron chi connectivity index (χ3n) is 3.81. The molecule has 0 spiro atoms. The lowest BCUT2D eigenvalue weighted by molar-refractivity contribution is -0.113. The van der Waals surface area contributed by atoms with Gasteiger partial charge in [0, 0.05) is 17.2 Å². The zero-order valence-electron chi connectivity index (χ0n) is 15.0. The summed E-state index contributed by atoms with van der Waals surface area (Å²) in [6.07, 6.45) is 0. The second-order valence-corrected chi connectivity index (χ2v) is 7.66. The molecule has 0 atom stereocenters. The zero-order chi connectivity index (χ0) is 19.2. The van der Waals surface area contributed by atoms with Crippen LogP contribution in [0.3, 0.4) is 0 Å². The molecule has 140 valence electrons. The van der Waals surface area contributed by atoms with Crippen LogP contribution in [0.15, 0.2) is 58.2 Å². The van der Waals surface area contributed by atoms with Gasteiger partial charge in [0.2, 0.25) is 5.91 Å². The number of aromatic nitrogens is 3. The van der Waals surface area contributed by atoms with E-state index in [0.717, 1.165) is 21.5 Å². The lowest BCUT2D eigenvalue weighted by Crippen LogP contribution is -2.14. The van der Waals surface area contributed by atoms with Crippen LogP contribution >= 0.6 is 27.7 Å². The highest BCUT2D eigenvalue weighted by atomic mass is 79.9. The van der Waals surface area contributed by atoms with Gasteiger partial charge in [-0.25, -0.2) is 0 Å². The highest BCUT2D eigenvalue weighted by molar-refractivity contribution is 9.10. The molecule has 1 N–H and O–H groups in total. The van der Waals surface area contributed by atoms with Gasteiger partial charge in [-0.1, -0.05) is 45.9 Å². The minimum atomic E-state index is -0.0909. The largest absolute Gasteiger partial charge is 0.486 e. The van der Waals surface area contributed by atoms with Crippen molar-refractivity contribution in [1.82, 2.24) is 14.8 Å². The predicted molar refractivity (Wildman–Crippen MR) is 110 cm³/mol. The van der Waals surface area contributed by atoms with Gasteiger partial charge >= 0.3 is 0 Å². The minimum Gasteiger partial charge on any atom is -0.486 e. The highest BCUT2D eigenvalue weighted by Gasteiger charge is 2.12. The number of halogens is 1. The molecule has 0 unspecified atom stereocenters. The fourth-order valence-electron chi connectivity index (χ4n) is 2.31. The number of benzene rings is 2. The molecule has 2 aromatic carbocycles. The van der Waals surface area contributed by atoms with Gasteiger partial charge < -0.3 is 14.6 Å². The molecule has 8 heteroatoms. The number of rotatable bonds is 7. The molecule has 6 nitrogen and oxygen atoms in total. The zero-order valence-corrected chi connectivity index (χ0v) is 17.4. The molecule has 3 rings (SSSR count). The first-order chi connectivity index (χ1) is 13.0. The molecule has 27 heavy (non-hydrogen) atoms. The number of nitrogens with one attached hydrogen (secondary N) is 1. The Morgan fingerprint density at radius 3 is 2.74 bits per heavy atom. The van der Waals surface area contributed by atoms with Crippen LogP contribution in [0.5, 0.6) is 5.75 Å². The Bertz CT molecular complexity index is 931. The van der Waals surface area contributed by atoms with Crippen LogP contribution in [0.2, 0.25) is 0 Å². The van der Waals surface area contributed by atoms with Gasteiger partial charge in [-0.3, -0.25) is 4.79 Å². The number of hydrogen-bond donors (Lipinski definition) is 1. The molecular weight excluding hydrogens is 428 g/mol. The topological polar surface area (TPSA) is 69.0 Å². The summed E-state index contributed by atoms with van der Waals surface area (Å²) in [7, 11) is 1.86. The number of nitrogens with zero attached hydrogens (tertiary/aromatic N) is 3. The smallest absolute Gasteiger partial charge is 0.234 e. The Morgan fingerprint density at radius 1 is 1.22 bits per heavy atom. The summed E-state index contributed by atoms with van der Waals surface area (Å²) in [4.78, 5) is 12.2. The van der Waals surface area contributed by atoms with Crippen molar-refractivity contribution in [2.45, 2.75) is 18.7 Å². The molecule has 0 aliphatic heterocycles. The number of thioether (sulfide) groups is 1. The summed E-state index contributed by atoms with van der Waals surface area (Å²) in [5.74, 6) is 1.64. The van der Waals surface area contributed by atoms with E-state index >= 15 is 0 Å². The molecule has 0 saturated carbocycles. The lowest BCUT2D eigenvalue weighted by Gasteiger charge is -2.08. The molecule has 0 aliphatic rings. The maximum Gasteiger partial charge on any atom is 0.234 e. The van der Waals surface area contributed by atoms with Gasteiger partial charge in [0.05, 0.1) is 5.75 Å². The summed E-state index contributed by atoms with van der Waals surface area (Å²) in [6.45, 7) is 2.30. The number of ether oxygens (including phenoxy) is 1. The van der Waals surface area contributed by atoms with Crippen LogP contribution in [0.25, 0.3) is 0 Å². The number of para-hydroxylation sites is 1. The van der Waals surface area contributed by atoms with Crippen molar-refractivity contribution < 1.29 is 9.53 Å². The Morgan fingerprint density at radius 2 is 2.00 bits per heavy atom. The Balaban J connectivity index is 1.52. The number of anilines is 1. The standard InChI is InChI=1S/C19H19BrN4O2S/c1-13-10-14(8-9-16(13)20)21-18(25)12-27-19-23-22-17(24(19)2)11-26-15-6-4-3-5-7-15/h3-10H,11-12H2,1-2H3,(H,21,25). The van der Waals surface area contributed by atoms with Crippen LogP contribution in [0.4, 0.5) is 5.69 Å². The second kappa shape index (κ2) is 9.05. The van der Waals surface area contributed by atoms with E-state index in [0.29, 0.717) is 17.6 Å². The van der Waals surface area contributed by atoms with Crippen LogP contribution < -0.4 is 10.1 Å². The molecule has 0 saturated heterocycles. The van der Waals surface area contributed by atoms with Gasteiger partial charge in [-0.15, -0.1) is 10.2 Å². The van der Waals surface area contributed by atoms with Crippen molar-refractivity contribution >= 4 is 39.3 Å². The van der Waals surface area contributed by atoms with Crippen molar-refractivity contribution in [1.29, 1.82) is 0 Å². The van der Waals surface area contributed by atoms with Gasteiger partial charge in [0.25, 0.3) is 0 Å². The molecular formula is C19H19BrN4O2S. The van der Waals surface area contributed by atoms with E-state index < -0.39 is 0 Å². The molecule has 0 aliphatic carbocycles. The fraction of sp³-hybridized carbons (Fsp3) is 0.211. The predicted octanol–water partition coefficient (Wildman–Crippen LogP) is 4.20. The van der Waals surface area contributed by atoms with Gasteiger partial charge in [-0.05, 0) is 42.8 Å². The summed E-state index contributed by atoms with van der Waals surface area (Å²) < 4.78 is 8.55. The van der Waals surface area contributed by atoms with E-state index in [4.69, 9.17) is 4.74 Å². The SMILES string of the molecule is Cc1cc(NC(=O)CSc2nnc(COc3ccccc3)n2C)ccc1Br. The number of carbonyl (C=O) groups is 1. The van der Waals surface area contributed by atoms with Gasteiger partial charge in [0.15, 0.2) is 11.0 Å². The van der Waals surface area contributed by atoms with E-state index in [1.807, 2.05) is 67.1 Å². The Kier molecular flexibility index (Phi) is 6.52. The van der Waals surface area contributed by atoms with E-state index in [1.54, 1.807) is 0 Å². The van der Waals surface area contributed by atoms with Crippen LogP contribution in [0.1, 0.15) is 11.4 Å². The molecule has 3 aromatic rings. The van der Waals surface area contributed by atoms with Gasteiger partial charge in [0.1, 0.15) is 12.4 Å². The van der Waals surface area contributed by atoms with E-state index in [2.05, 4.69) is 31.4 Å². The average molecular weight is 447 g/mol. The van der Waals surface area contributed by atoms with E-state index in [9.17, 15) is 4.79 Å². The van der Waals surface area contributed by atoms with Crippen molar-refractivity contribution in [2.24, 2.45) is 7.05 Å². The number of aryl methyl sites for hydroxylation is 1. The van der Waals surface area contributed by atoms with Crippen molar-refractivity contribution in [3.05, 3.63) is 64.4 Å². The first-order valence-electron chi connectivity index (χ1n) is 8.28. The summed E-state index contributed by atoms with van der Waals surface area (Å²) in [6, 6.07) is 15.2. The molecule has 0 bridgehead atoms. The maximum absolute atomic E-state index is 12.2. The van der Waals surface area contributed by atoms with Crippen LogP contribution in [-0.4, -0.2) is 26.4 Å². The molecule has 0 fully saturated rings. The third kappa shape index (κ3) is 5.33. The van der Waals surface area contributed by atoms with Crippen molar-refractivity contribution in [2.75, 3.05) is 11.1 Å². The van der Waals surface area contributed by atoms with Gasteiger partial charge in [-0.2, -0.15) is 0 Å². The monoisotopic (exact) mass is 446 g/mol. The van der Waals surface area contributed by atoms with Crippen LogP contribution in [-0.2, 0) is 18.4 Å². The van der Waals surface area contributed by atoms with Crippen molar-refractivity contribution in [3.8, 4) is 5.75 Å². The van der Waals surface area contributed by atoms with Crippen LogP contribution in [0, 0.1) is 6.92 Å². The Labute approximate surface area is 170 Å². The average Bonchev–Trinajstić information content (AvgIpc) is 3.02. The summed E-state index contributed by atoms with van der Waals surface area (Å²) in [5.41, 5.74) is 1.84. The maximum atomic E-state index is 12.2. The molecule has 1 amide bonds. The number of carbonyl (C=O) groups excluding carboxylic acids is 1. The second-order valence-electron chi connectivity index (χ2n) is 5.86. The quantitative estimate of drug-likeness (QED) is 0.550. The summed E-state index contributed by atoms with van der Waals surface area (Å²) in [5, 5.41) is 11.8. The third-order valence-corrected chi connectivity index (χ3v) is 5.72. The number of hydrogen-bond acceptors (Lipinski definition) is 5. The Hall–Kier alpha value is -2.32. The summed E-state index contributed by atoms with van der Waals surface area (Å²) >= 11 is 4.79. The first-order valence-corrected chi connectivity index (χ1v) is 10.1. The molecule has 1 heterocycles. The molecule has 0 radical (unpaired) electrons. The normalized spacial score (nSPS) is 10.6. The number of amides is 1. The minimum absolute atomic E-state index is 0.0909. The first kappa shape index (κ1) is 19.4. The lowest BCUT2D eigenvalue weighted by atomic mass is 10.2. The fourth-order valence-corrected chi connectivity index (χ4v) is 3.29. The van der Waals surface area contributed by atoms with E-state index in [-0.39, 0.29) is 11.7 Å². The van der Waals surface area contributed by atoms with E-state index in [1.165, 1.54) is 11.8 Å². The highest BCUT2D eigenvalue weighted by Crippen LogP contribution is 2.21.